The standard InChI is InChI=1S/C16H18N2O4/c19-9-13-15(22-11-17-13)14-7-4-8-18(14)16(20)21-10-12-5-2-1-3-6-12/h1-3,5-6,11,14,19H,4,7-10H2/t14-/m0/s1. The lowest BCUT2D eigenvalue weighted by molar-refractivity contribution is 0.0881. The number of aliphatic hydroxyl groups is 1. The Morgan fingerprint density at radius 1 is 1.41 bits per heavy atom. The third-order valence-corrected chi connectivity index (χ3v) is 3.82. The first-order valence-electron chi connectivity index (χ1n) is 7.30. The molecule has 1 N–H and O–H groups in total. The Hall–Kier alpha value is -2.34. The molecule has 1 aromatic heterocycles. The van der Waals surface area contributed by atoms with Gasteiger partial charge < -0.3 is 14.3 Å². The van der Waals surface area contributed by atoms with E-state index in [0.717, 1.165) is 18.4 Å². The first-order chi connectivity index (χ1) is 10.8. The quantitative estimate of drug-likeness (QED) is 0.939. The largest absolute Gasteiger partial charge is 0.446 e. The van der Waals surface area contributed by atoms with Crippen LogP contribution in [0.2, 0.25) is 0 Å². The molecule has 6 nitrogen and oxygen atoms in total. The van der Waals surface area contributed by atoms with Crippen LogP contribution in [0.4, 0.5) is 4.79 Å². The predicted octanol–water partition coefficient (Wildman–Crippen LogP) is 2.64. The number of carbonyl (C=O) groups excluding carboxylic acids is 1. The number of hydrogen-bond donors (Lipinski definition) is 1. The van der Waals surface area contributed by atoms with E-state index < -0.39 is 0 Å². The maximum atomic E-state index is 12.3. The van der Waals surface area contributed by atoms with E-state index in [1.165, 1.54) is 6.39 Å². The molecule has 1 aliphatic heterocycles. The molecule has 3 rings (SSSR count). The average molecular weight is 302 g/mol. The summed E-state index contributed by atoms with van der Waals surface area (Å²) in [6.45, 7) is 0.658. The van der Waals surface area contributed by atoms with Crippen molar-refractivity contribution in [3.05, 3.63) is 53.7 Å². The van der Waals surface area contributed by atoms with E-state index in [1.54, 1.807) is 4.90 Å². The molecule has 0 radical (unpaired) electrons. The number of amides is 1. The van der Waals surface area contributed by atoms with Crippen LogP contribution in [0.3, 0.4) is 0 Å². The van der Waals surface area contributed by atoms with Crippen molar-refractivity contribution in [3.63, 3.8) is 0 Å². The first kappa shape index (κ1) is 14.6. The molecule has 1 fully saturated rings. The zero-order chi connectivity index (χ0) is 15.4. The Morgan fingerprint density at radius 2 is 2.23 bits per heavy atom. The minimum Gasteiger partial charge on any atom is -0.446 e. The molecule has 1 saturated heterocycles. The van der Waals surface area contributed by atoms with Crippen molar-refractivity contribution in [1.82, 2.24) is 9.88 Å². The normalized spacial score (nSPS) is 17.7. The maximum absolute atomic E-state index is 12.3. The van der Waals surface area contributed by atoms with Crippen LogP contribution in [0.25, 0.3) is 0 Å². The van der Waals surface area contributed by atoms with Gasteiger partial charge in [0.1, 0.15) is 12.3 Å². The number of hydrogen-bond acceptors (Lipinski definition) is 5. The van der Waals surface area contributed by atoms with Gasteiger partial charge in [0.15, 0.2) is 12.2 Å². The highest BCUT2D eigenvalue weighted by Gasteiger charge is 2.35. The van der Waals surface area contributed by atoms with Crippen molar-refractivity contribution >= 4 is 6.09 Å². The second-order valence-electron chi connectivity index (χ2n) is 5.21. The minimum absolute atomic E-state index is 0.199. The molecule has 22 heavy (non-hydrogen) atoms. The van der Waals surface area contributed by atoms with E-state index >= 15 is 0 Å². The van der Waals surface area contributed by atoms with Gasteiger partial charge in [0.05, 0.1) is 12.6 Å². The number of carbonyl (C=O) groups is 1. The van der Waals surface area contributed by atoms with Crippen molar-refractivity contribution in [3.8, 4) is 0 Å². The molecule has 1 amide bonds. The Kier molecular flexibility index (Phi) is 4.39. The van der Waals surface area contributed by atoms with Crippen molar-refractivity contribution in [2.75, 3.05) is 6.54 Å². The van der Waals surface area contributed by atoms with E-state index in [0.29, 0.717) is 18.0 Å². The summed E-state index contributed by atoms with van der Waals surface area (Å²) in [5.74, 6) is 0.552. The molecule has 1 aromatic carbocycles. The van der Waals surface area contributed by atoms with Gasteiger partial charge in [-0.05, 0) is 18.4 Å². The second kappa shape index (κ2) is 6.62. The monoisotopic (exact) mass is 302 g/mol. The summed E-state index contributed by atoms with van der Waals surface area (Å²) >= 11 is 0. The van der Waals surface area contributed by atoms with Crippen LogP contribution < -0.4 is 0 Å². The SMILES string of the molecule is O=C(OCc1ccccc1)N1CCC[C@H]1c1ocnc1CO. The van der Waals surface area contributed by atoms with Gasteiger partial charge in [-0.2, -0.15) is 0 Å². The number of aliphatic hydroxyl groups excluding tert-OH is 1. The molecule has 0 saturated carbocycles. The third-order valence-electron chi connectivity index (χ3n) is 3.82. The van der Waals surface area contributed by atoms with Gasteiger partial charge in [0.2, 0.25) is 0 Å². The van der Waals surface area contributed by atoms with E-state index in [9.17, 15) is 9.90 Å². The van der Waals surface area contributed by atoms with Gasteiger partial charge in [-0.25, -0.2) is 9.78 Å². The molecule has 2 aromatic rings. The maximum Gasteiger partial charge on any atom is 0.410 e. The van der Waals surface area contributed by atoms with E-state index in [-0.39, 0.29) is 25.3 Å². The molecule has 116 valence electrons. The molecule has 0 spiro atoms. The van der Waals surface area contributed by atoms with E-state index in [2.05, 4.69) is 4.98 Å². The Bertz CT molecular complexity index is 626. The van der Waals surface area contributed by atoms with Crippen LogP contribution in [-0.2, 0) is 18.0 Å². The van der Waals surface area contributed by atoms with Gasteiger partial charge in [0.25, 0.3) is 0 Å². The smallest absolute Gasteiger partial charge is 0.410 e. The van der Waals surface area contributed by atoms with Crippen LogP contribution in [0.5, 0.6) is 0 Å². The van der Waals surface area contributed by atoms with Gasteiger partial charge in [-0.1, -0.05) is 30.3 Å². The lowest BCUT2D eigenvalue weighted by Crippen LogP contribution is -2.31. The highest BCUT2D eigenvalue weighted by molar-refractivity contribution is 5.68. The molecule has 2 heterocycles. The summed E-state index contributed by atoms with van der Waals surface area (Å²) in [5, 5.41) is 9.29. The number of likely N-dealkylation sites (tertiary alicyclic amines) is 1. The lowest BCUT2D eigenvalue weighted by Gasteiger charge is -2.22. The van der Waals surface area contributed by atoms with Crippen molar-refractivity contribution in [2.24, 2.45) is 0 Å². The van der Waals surface area contributed by atoms with Crippen LogP contribution in [-0.4, -0.2) is 27.6 Å². The zero-order valence-electron chi connectivity index (χ0n) is 12.1. The molecule has 6 heteroatoms. The molecule has 0 unspecified atom stereocenters. The van der Waals surface area contributed by atoms with Crippen LogP contribution in [0, 0.1) is 0 Å². The zero-order valence-corrected chi connectivity index (χ0v) is 12.1. The lowest BCUT2D eigenvalue weighted by atomic mass is 10.1. The molecule has 1 aliphatic rings. The van der Waals surface area contributed by atoms with Crippen molar-refractivity contribution in [2.45, 2.75) is 32.1 Å². The van der Waals surface area contributed by atoms with Crippen LogP contribution >= 0.6 is 0 Å². The van der Waals surface area contributed by atoms with Gasteiger partial charge >= 0.3 is 6.09 Å². The summed E-state index contributed by atoms with van der Waals surface area (Å²) in [6, 6.07) is 9.34. The van der Waals surface area contributed by atoms with Gasteiger partial charge in [-0.3, -0.25) is 4.90 Å². The van der Waals surface area contributed by atoms with Gasteiger partial charge in [0, 0.05) is 6.54 Å². The number of nitrogens with zero attached hydrogens (tertiary/aromatic N) is 2. The summed E-state index contributed by atoms with van der Waals surface area (Å²) in [6.07, 6.45) is 2.58. The first-order valence-corrected chi connectivity index (χ1v) is 7.30. The molecular formula is C16H18N2O4. The van der Waals surface area contributed by atoms with Crippen LogP contribution in [0.15, 0.2) is 41.1 Å². The molecular weight excluding hydrogens is 284 g/mol. The van der Waals surface area contributed by atoms with E-state index in [1.807, 2.05) is 30.3 Å². The molecule has 0 aliphatic carbocycles. The average Bonchev–Trinajstić information content (AvgIpc) is 3.21. The van der Waals surface area contributed by atoms with Gasteiger partial charge in [-0.15, -0.1) is 0 Å². The Morgan fingerprint density at radius 3 is 3.00 bits per heavy atom. The number of rotatable bonds is 4. The summed E-state index contributed by atoms with van der Waals surface area (Å²) in [5.41, 5.74) is 1.43. The van der Waals surface area contributed by atoms with Crippen molar-refractivity contribution < 1.29 is 19.1 Å². The number of aromatic nitrogens is 1. The Labute approximate surface area is 128 Å². The number of oxazole rings is 1. The number of ether oxygens (including phenoxy) is 1. The molecule has 0 bridgehead atoms. The highest BCUT2D eigenvalue weighted by Crippen LogP contribution is 2.34. The number of benzene rings is 1. The predicted molar refractivity (Wildman–Crippen MR) is 77.7 cm³/mol. The fourth-order valence-corrected chi connectivity index (χ4v) is 2.73. The molecule has 1 atom stereocenters. The topological polar surface area (TPSA) is 75.8 Å². The third kappa shape index (κ3) is 2.96. The minimum atomic E-state index is -0.369. The summed E-state index contributed by atoms with van der Waals surface area (Å²) < 4.78 is 10.7. The second-order valence-corrected chi connectivity index (χ2v) is 5.21. The summed E-state index contributed by atoms with van der Waals surface area (Å²) in [7, 11) is 0. The van der Waals surface area contributed by atoms with E-state index in [4.69, 9.17) is 9.15 Å². The fourth-order valence-electron chi connectivity index (χ4n) is 2.73. The van der Waals surface area contributed by atoms with Crippen LogP contribution in [0.1, 0.15) is 35.9 Å². The highest BCUT2D eigenvalue weighted by atomic mass is 16.6. The fraction of sp³-hybridized carbons (Fsp3) is 0.375. The van der Waals surface area contributed by atoms with Crippen molar-refractivity contribution in [1.29, 1.82) is 0 Å². The summed E-state index contributed by atoms with van der Waals surface area (Å²) in [4.78, 5) is 17.9. The Balaban J connectivity index is 1.66.